The molecule has 1 heterocycles. The summed E-state index contributed by atoms with van der Waals surface area (Å²) in [5.41, 5.74) is 3.92. The van der Waals surface area contributed by atoms with Crippen LogP contribution in [0.3, 0.4) is 0 Å². The third kappa shape index (κ3) is 3.48. The van der Waals surface area contributed by atoms with Crippen molar-refractivity contribution in [2.45, 2.75) is 33.2 Å². The number of nitrogens with zero attached hydrogens (tertiary/aromatic N) is 2. The van der Waals surface area contributed by atoms with E-state index in [1.807, 2.05) is 19.6 Å². The molecule has 0 fully saturated rings. The van der Waals surface area contributed by atoms with Crippen LogP contribution in [0.1, 0.15) is 43.6 Å². The predicted octanol–water partition coefficient (Wildman–Crippen LogP) is 3.32. The van der Waals surface area contributed by atoms with Crippen LogP contribution in [0, 0.1) is 5.92 Å². The molecule has 1 N–H and O–H groups in total. The Morgan fingerprint density at radius 3 is 2.70 bits per heavy atom. The summed E-state index contributed by atoms with van der Waals surface area (Å²) >= 11 is 0. The van der Waals surface area contributed by atoms with Crippen molar-refractivity contribution in [3.8, 4) is 0 Å². The van der Waals surface area contributed by atoms with E-state index in [4.69, 9.17) is 0 Å². The summed E-state index contributed by atoms with van der Waals surface area (Å²) in [6.45, 7) is 7.59. The van der Waals surface area contributed by atoms with Crippen molar-refractivity contribution in [3.63, 3.8) is 0 Å². The molecule has 0 bridgehead atoms. The van der Waals surface area contributed by atoms with Crippen LogP contribution in [-0.2, 0) is 13.5 Å². The predicted molar refractivity (Wildman–Crippen MR) is 83.7 cm³/mol. The largest absolute Gasteiger partial charge is 0.336 e. The summed E-state index contributed by atoms with van der Waals surface area (Å²) in [5.74, 6) is 0.680. The van der Waals surface area contributed by atoms with E-state index in [1.165, 1.54) is 16.8 Å². The van der Waals surface area contributed by atoms with Crippen LogP contribution in [0.2, 0.25) is 0 Å². The molecular weight excluding hydrogens is 246 g/mol. The zero-order valence-electron chi connectivity index (χ0n) is 12.9. The molecule has 3 nitrogen and oxygen atoms in total. The maximum absolute atomic E-state index is 4.24. The second-order valence-corrected chi connectivity index (χ2v) is 5.76. The molecule has 108 valence electrons. The molecule has 0 radical (unpaired) electrons. The Kier molecular flexibility index (Phi) is 4.96. The van der Waals surface area contributed by atoms with Gasteiger partial charge < -0.3 is 9.88 Å². The first-order valence-corrected chi connectivity index (χ1v) is 7.40. The van der Waals surface area contributed by atoms with E-state index in [1.54, 1.807) is 0 Å². The van der Waals surface area contributed by atoms with E-state index in [0.717, 1.165) is 13.0 Å². The van der Waals surface area contributed by atoms with Crippen molar-refractivity contribution < 1.29 is 0 Å². The number of benzene rings is 1. The topological polar surface area (TPSA) is 29.9 Å². The molecule has 3 heteroatoms. The molecule has 1 unspecified atom stereocenters. The smallest absolute Gasteiger partial charge is 0.0946 e. The van der Waals surface area contributed by atoms with Gasteiger partial charge in [-0.1, -0.05) is 45.0 Å². The summed E-state index contributed by atoms with van der Waals surface area (Å²) in [6.07, 6.45) is 4.93. The fourth-order valence-electron chi connectivity index (χ4n) is 2.61. The van der Waals surface area contributed by atoms with Crippen LogP contribution in [-0.4, -0.2) is 16.1 Å². The molecule has 0 saturated carbocycles. The highest BCUT2D eigenvalue weighted by Gasteiger charge is 2.16. The van der Waals surface area contributed by atoms with Crippen LogP contribution >= 0.6 is 0 Å². The Bertz CT molecular complexity index is 543. The molecule has 0 aliphatic heterocycles. The summed E-state index contributed by atoms with van der Waals surface area (Å²) in [7, 11) is 2.05. The lowest BCUT2D eigenvalue weighted by molar-refractivity contribution is 0.591. The molecule has 20 heavy (non-hydrogen) atoms. The van der Waals surface area contributed by atoms with Crippen LogP contribution < -0.4 is 5.32 Å². The lowest BCUT2D eigenvalue weighted by Gasteiger charge is -2.20. The fourth-order valence-corrected chi connectivity index (χ4v) is 2.61. The van der Waals surface area contributed by atoms with Gasteiger partial charge in [-0.05, 0) is 30.0 Å². The molecule has 1 aromatic heterocycles. The van der Waals surface area contributed by atoms with Crippen molar-refractivity contribution in [2.24, 2.45) is 13.0 Å². The number of hydrogen-bond donors (Lipinski definition) is 1. The third-order valence-electron chi connectivity index (χ3n) is 3.49. The van der Waals surface area contributed by atoms with Gasteiger partial charge in [0.25, 0.3) is 0 Å². The van der Waals surface area contributed by atoms with E-state index in [2.05, 4.69) is 59.9 Å². The summed E-state index contributed by atoms with van der Waals surface area (Å²) in [5, 5.41) is 3.56. The number of aromatic nitrogens is 2. The van der Waals surface area contributed by atoms with Gasteiger partial charge in [0, 0.05) is 7.05 Å². The maximum atomic E-state index is 4.24. The lowest BCUT2D eigenvalue weighted by Crippen LogP contribution is -2.24. The van der Waals surface area contributed by atoms with Gasteiger partial charge in [-0.15, -0.1) is 0 Å². The summed E-state index contributed by atoms with van der Waals surface area (Å²) < 4.78 is 2.09. The van der Waals surface area contributed by atoms with E-state index >= 15 is 0 Å². The molecule has 0 spiro atoms. The molecule has 0 saturated heterocycles. The Balaban J connectivity index is 2.32. The van der Waals surface area contributed by atoms with Crippen molar-refractivity contribution in [2.75, 3.05) is 6.54 Å². The first-order valence-electron chi connectivity index (χ1n) is 7.40. The number of imidazole rings is 1. The van der Waals surface area contributed by atoms with Gasteiger partial charge in [0.2, 0.25) is 0 Å². The minimum absolute atomic E-state index is 0.208. The number of nitrogens with one attached hydrogen (secondary N) is 1. The van der Waals surface area contributed by atoms with Crippen molar-refractivity contribution in [3.05, 3.63) is 53.6 Å². The molecule has 0 aliphatic carbocycles. The van der Waals surface area contributed by atoms with Crippen molar-refractivity contribution in [1.82, 2.24) is 14.9 Å². The number of aryl methyl sites for hydroxylation is 1. The highest BCUT2D eigenvalue weighted by atomic mass is 15.1. The Hall–Kier alpha value is -1.61. The number of rotatable bonds is 6. The van der Waals surface area contributed by atoms with E-state index < -0.39 is 0 Å². The Labute approximate surface area is 122 Å². The molecular formula is C17H25N3. The molecule has 2 rings (SSSR count). The highest BCUT2D eigenvalue weighted by molar-refractivity contribution is 5.31. The molecule has 0 aliphatic rings. The SMILES string of the molecule is CCNC(c1cccc(CC(C)C)c1)c1cncn1C. The quantitative estimate of drug-likeness (QED) is 0.873. The van der Waals surface area contributed by atoms with Gasteiger partial charge >= 0.3 is 0 Å². The average molecular weight is 271 g/mol. The monoisotopic (exact) mass is 271 g/mol. The summed E-state index contributed by atoms with van der Waals surface area (Å²) in [4.78, 5) is 4.24. The van der Waals surface area contributed by atoms with Gasteiger partial charge in [-0.2, -0.15) is 0 Å². The fraction of sp³-hybridized carbons (Fsp3) is 0.471. The second-order valence-electron chi connectivity index (χ2n) is 5.76. The van der Waals surface area contributed by atoms with Gasteiger partial charge in [-0.25, -0.2) is 4.98 Å². The zero-order valence-corrected chi connectivity index (χ0v) is 12.9. The maximum Gasteiger partial charge on any atom is 0.0946 e. The molecule has 1 aromatic carbocycles. The zero-order chi connectivity index (χ0) is 14.5. The lowest BCUT2D eigenvalue weighted by atomic mass is 9.97. The Morgan fingerprint density at radius 2 is 2.10 bits per heavy atom. The van der Waals surface area contributed by atoms with Crippen LogP contribution in [0.4, 0.5) is 0 Å². The first-order chi connectivity index (χ1) is 9.61. The van der Waals surface area contributed by atoms with Crippen LogP contribution in [0.15, 0.2) is 36.8 Å². The Morgan fingerprint density at radius 1 is 1.30 bits per heavy atom. The van der Waals surface area contributed by atoms with Gasteiger partial charge in [-0.3, -0.25) is 0 Å². The number of hydrogen-bond acceptors (Lipinski definition) is 2. The van der Waals surface area contributed by atoms with E-state index in [0.29, 0.717) is 5.92 Å². The normalized spacial score (nSPS) is 12.8. The third-order valence-corrected chi connectivity index (χ3v) is 3.49. The minimum atomic E-state index is 0.208. The van der Waals surface area contributed by atoms with Gasteiger partial charge in [0.05, 0.1) is 24.3 Å². The second kappa shape index (κ2) is 6.71. The highest BCUT2D eigenvalue weighted by Crippen LogP contribution is 2.23. The van der Waals surface area contributed by atoms with Crippen LogP contribution in [0.25, 0.3) is 0 Å². The first kappa shape index (κ1) is 14.8. The van der Waals surface area contributed by atoms with Crippen LogP contribution in [0.5, 0.6) is 0 Å². The van der Waals surface area contributed by atoms with Gasteiger partial charge in [0.1, 0.15) is 0 Å². The van der Waals surface area contributed by atoms with E-state index in [-0.39, 0.29) is 6.04 Å². The van der Waals surface area contributed by atoms with Crippen molar-refractivity contribution >= 4 is 0 Å². The van der Waals surface area contributed by atoms with Crippen molar-refractivity contribution in [1.29, 1.82) is 0 Å². The standard InChI is InChI=1S/C17H25N3/c1-5-19-17(16-11-18-12-20(16)4)15-8-6-7-14(10-15)9-13(2)3/h6-8,10-13,17,19H,5,9H2,1-4H3. The van der Waals surface area contributed by atoms with E-state index in [9.17, 15) is 0 Å². The molecule has 2 aromatic rings. The van der Waals surface area contributed by atoms with Gasteiger partial charge in [0.15, 0.2) is 0 Å². The molecule has 0 amide bonds. The molecule has 1 atom stereocenters. The minimum Gasteiger partial charge on any atom is -0.336 e. The summed E-state index contributed by atoms with van der Waals surface area (Å²) in [6, 6.07) is 9.10. The average Bonchev–Trinajstić information content (AvgIpc) is 2.81.